The van der Waals surface area contributed by atoms with Gasteiger partial charge < -0.3 is 4.74 Å². The first-order chi connectivity index (χ1) is 11.2. The van der Waals surface area contributed by atoms with Gasteiger partial charge in [-0.2, -0.15) is 5.10 Å². The lowest BCUT2D eigenvalue weighted by Crippen LogP contribution is -2.41. The van der Waals surface area contributed by atoms with Gasteiger partial charge in [-0.25, -0.2) is 0 Å². The van der Waals surface area contributed by atoms with E-state index < -0.39 is 0 Å². The molecule has 0 saturated heterocycles. The van der Waals surface area contributed by atoms with Gasteiger partial charge in [0.1, 0.15) is 5.75 Å². The third-order valence-corrected chi connectivity index (χ3v) is 4.61. The van der Waals surface area contributed by atoms with Crippen LogP contribution in [0, 0.1) is 11.8 Å². The average Bonchev–Trinajstić information content (AvgIpc) is 2.96. The van der Waals surface area contributed by atoms with Crippen molar-refractivity contribution >= 4 is 23.3 Å². The highest BCUT2D eigenvalue weighted by atomic mass is 16.5. The van der Waals surface area contributed by atoms with Crippen molar-refractivity contribution in [2.45, 2.75) is 12.5 Å². The first-order valence-electron chi connectivity index (χ1n) is 7.95. The molecule has 0 saturated carbocycles. The second kappa shape index (κ2) is 5.65. The molecule has 0 spiro atoms. The predicted octanol–water partition coefficient (Wildman–Crippen LogP) is 2.71. The highest BCUT2D eigenvalue weighted by Crippen LogP contribution is 2.33. The number of rotatable bonds is 2. The van der Waals surface area contributed by atoms with E-state index in [2.05, 4.69) is 17.1 Å². The Morgan fingerprint density at radius 1 is 1.22 bits per heavy atom. The lowest BCUT2D eigenvalue weighted by molar-refractivity contribution is 0.376. The first-order valence-corrected chi connectivity index (χ1v) is 7.95. The topological polar surface area (TPSA) is 49.6 Å². The van der Waals surface area contributed by atoms with Gasteiger partial charge in [0, 0.05) is 37.9 Å². The maximum atomic E-state index is 5.21. The average molecular weight is 308 g/mol. The van der Waals surface area contributed by atoms with E-state index >= 15 is 0 Å². The molecule has 0 N–H and O–H groups in total. The summed E-state index contributed by atoms with van der Waals surface area (Å²) in [5.41, 5.74) is 3.32. The molecule has 0 amide bonds. The molecule has 2 aliphatic heterocycles. The summed E-state index contributed by atoms with van der Waals surface area (Å²) >= 11 is 0. The van der Waals surface area contributed by atoms with Crippen LogP contribution in [-0.2, 0) is 0 Å². The molecule has 0 fully saturated rings. The van der Waals surface area contributed by atoms with Crippen molar-refractivity contribution in [1.29, 1.82) is 0 Å². The van der Waals surface area contributed by atoms with Gasteiger partial charge >= 0.3 is 0 Å². The summed E-state index contributed by atoms with van der Waals surface area (Å²) < 4.78 is 5.21. The van der Waals surface area contributed by atoms with Crippen molar-refractivity contribution in [2.75, 3.05) is 20.7 Å². The molecule has 0 aromatic heterocycles. The van der Waals surface area contributed by atoms with Crippen LogP contribution in [0.15, 0.2) is 51.5 Å². The Labute approximate surface area is 136 Å². The van der Waals surface area contributed by atoms with E-state index in [1.807, 2.05) is 42.5 Å². The quantitative estimate of drug-likeness (QED) is 0.789. The van der Waals surface area contributed by atoms with E-state index in [1.165, 1.54) is 5.71 Å². The molecule has 118 valence electrons. The minimum atomic E-state index is 0.141. The smallest absolute Gasteiger partial charge is 0.119 e. The molecule has 0 bridgehead atoms. The molecule has 1 aliphatic carbocycles. The van der Waals surface area contributed by atoms with Gasteiger partial charge in [0.25, 0.3) is 0 Å². The Morgan fingerprint density at radius 2 is 2.04 bits per heavy atom. The maximum absolute atomic E-state index is 5.21. The molecule has 4 rings (SSSR count). The highest BCUT2D eigenvalue weighted by Gasteiger charge is 2.40. The molecule has 23 heavy (non-hydrogen) atoms. The zero-order valence-electron chi connectivity index (χ0n) is 13.4. The normalized spacial score (nSPS) is 30.2. The minimum absolute atomic E-state index is 0.141. The van der Waals surface area contributed by atoms with Gasteiger partial charge in [-0.1, -0.05) is 12.2 Å². The molecule has 5 nitrogen and oxygen atoms in total. The second-order valence-electron chi connectivity index (χ2n) is 6.16. The van der Waals surface area contributed by atoms with Crippen LogP contribution in [0.2, 0.25) is 0 Å². The van der Waals surface area contributed by atoms with Crippen LogP contribution in [0.3, 0.4) is 0 Å². The number of aliphatic imine (C=N–C) groups is 2. The fraction of sp³-hybridized carbons (Fsp3) is 0.389. The molecular weight excluding hydrogens is 288 g/mol. The standard InChI is InChI=1S/C18H20N4O/c1-22-11-12-3-8-15-17(18(12)21-22)16(9-10-19-15)20-13-4-6-14(23-2)7-5-13/h3-8,10,12,15,17H,9,11H2,1-2H3. The number of ether oxygens (including phenoxy) is 1. The number of hydrogen-bond acceptors (Lipinski definition) is 5. The fourth-order valence-corrected chi connectivity index (χ4v) is 3.51. The Hall–Kier alpha value is -2.43. The van der Waals surface area contributed by atoms with Gasteiger partial charge in [-0.05, 0) is 24.3 Å². The van der Waals surface area contributed by atoms with E-state index in [9.17, 15) is 0 Å². The van der Waals surface area contributed by atoms with E-state index in [-0.39, 0.29) is 12.0 Å². The van der Waals surface area contributed by atoms with Crippen LogP contribution in [0.1, 0.15) is 6.42 Å². The van der Waals surface area contributed by atoms with Crippen LogP contribution < -0.4 is 4.74 Å². The minimum Gasteiger partial charge on any atom is -0.497 e. The van der Waals surface area contributed by atoms with Crippen molar-refractivity contribution in [3.63, 3.8) is 0 Å². The summed E-state index contributed by atoms with van der Waals surface area (Å²) in [6.45, 7) is 0.953. The van der Waals surface area contributed by atoms with Crippen molar-refractivity contribution in [3.8, 4) is 5.75 Å². The molecular formula is C18H20N4O. The Kier molecular flexibility index (Phi) is 3.48. The summed E-state index contributed by atoms with van der Waals surface area (Å²) in [7, 11) is 3.70. The third kappa shape index (κ3) is 2.56. The monoisotopic (exact) mass is 308 g/mol. The van der Waals surface area contributed by atoms with E-state index in [4.69, 9.17) is 14.8 Å². The number of hydrazone groups is 1. The van der Waals surface area contributed by atoms with Gasteiger partial charge in [-0.3, -0.25) is 15.0 Å². The summed E-state index contributed by atoms with van der Waals surface area (Å²) in [4.78, 5) is 9.54. The van der Waals surface area contributed by atoms with Gasteiger partial charge in [0.15, 0.2) is 0 Å². The number of fused-ring (bicyclic) bond motifs is 3. The van der Waals surface area contributed by atoms with Crippen LogP contribution in [-0.4, -0.2) is 49.4 Å². The maximum Gasteiger partial charge on any atom is 0.119 e. The van der Waals surface area contributed by atoms with Crippen LogP contribution >= 0.6 is 0 Å². The lowest BCUT2D eigenvalue weighted by Gasteiger charge is -2.31. The molecule has 3 aliphatic rings. The predicted molar refractivity (Wildman–Crippen MR) is 93.2 cm³/mol. The third-order valence-electron chi connectivity index (χ3n) is 4.61. The summed E-state index contributed by atoms with van der Waals surface area (Å²) in [5, 5.41) is 6.76. The summed E-state index contributed by atoms with van der Waals surface area (Å²) in [6.07, 6.45) is 7.23. The van der Waals surface area contributed by atoms with E-state index in [1.54, 1.807) is 7.11 Å². The molecule has 1 aromatic rings. The zero-order valence-corrected chi connectivity index (χ0v) is 13.4. The van der Waals surface area contributed by atoms with Crippen molar-refractivity contribution in [3.05, 3.63) is 36.4 Å². The number of nitrogens with zero attached hydrogens (tertiary/aromatic N) is 4. The lowest BCUT2D eigenvalue weighted by atomic mass is 9.77. The van der Waals surface area contributed by atoms with Crippen LogP contribution in [0.4, 0.5) is 5.69 Å². The largest absolute Gasteiger partial charge is 0.497 e. The summed E-state index contributed by atoms with van der Waals surface area (Å²) in [6, 6.07) is 8.01. The molecule has 2 heterocycles. The van der Waals surface area contributed by atoms with Gasteiger partial charge in [-0.15, -0.1) is 0 Å². The zero-order chi connectivity index (χ0) is 15.8. The Balaban J connectivity index is 1.70. The SMILES string of the molecule is COc1ccc(N=C2CC=NC3C=CC4CN(C)N=C4C23)cc1. The highest BCUT2D eigenvalue weighted by molar-refractivity contribution is 6.16. The molecule has 3 atom stereocenters. The first kappa shape index (κ1) is 14.2. The van der Waals surface area contributed by atoms with Crippen molar-refractivity contribution in [2.24, 2.45) is 26.9 Å². The number of hydrogen-bond donors (Lipinski definition) is 0. The second-order valence-corrected chi connectivity index (χ2v) is 6.16. The van der Waals surface area contributed by atoms with Crippen molar-refractivity contribution < 1.29 is 4.74 Å². The van der Waals surface area contributed by atoms with Crippen LogP contribution in [0.5, 0.6) is 5.75 Å². The molecule has 3 unspecified atom stereocenters. The van der Waals surface area contributed by atoms with Crippen LogP contribution in [0.25, 0.3) is 0 Å². The fourth-order valence-electron chi connectivity index (χ4n) is 3.51. The summed E-state index contributed by atoms with van der Waals surface area (Å²) in [5.74, 6) is 1.44. The van der Waals surface area contributed by atoms with E-state index in [0.29, 0.717) is 5.92 Å². The molecule has 0 radical (unpaired) electrons. The number of methoxy groups -OCH3 is 1. The van der Waals surface area contributed by atoms with Crippen molar-refractivity contribution in [1.82, 2.24) is 5.01 Å². The van der Waals surface area contributed by atoms with Gasteiger partial charge in [0.2, 0.25) is 0 Å². The Morgan fingerprint density at radius 3 is 2.83 bits per heavy atom. The molecule has 1 aromatic carbocycles. The van der Waals surface area contributed by atoms with Gasteiger partial charge in [0.05, 0.1) is 30.5 Å². The Bertz CT molecular complexity index is 717. The number of benzene rings is 1. The van der Waals surface area contributed by atoms with E-state index in [0.717, 1.165) is 30.1 Å². The molecule has 5 heteroatoms.